The van der Waals surface area contributed by atoms with Crippen molar-refractivity contribution in [1.29, 1.82) is 0 Å². The number of ether oxygens (including phenoxy) is 1. The van der Waals surface area contributed by atoms with Gasteiger partial charge in [-0.3, -0.25) is 0 Å². The smallest absolute Gasteiger partial charge is 0.0883 e. The molecule has 0 saturated heterocycles. The predicted octanol–water partition coefficient (Wildman–Crippen LogP) is 6.38. The lowest BCUT2D eigenvalue weighted by atomic mass is 9.36. The molecule has 4 aliphatic rings. The number of hydrogen-bond donors (Lipinski definition) is 1. The molecule has 0 aliphatic heterocycles. The lowest BCUT2D eigenvalue weighted by Crippen LogP contribution is -2.62. The maximum Gasteiger partial charge on any atom is 0.0883 e. The molecule has 0 heterocycles. The topological polar surface area (TPSA) is 29.5 Å². The average Bonchev–Trinajstić information content (AvgIpc) is 3.00. The van der Waals surface area contributed by atoms with Crippen molar-refractivity contribution in [2.75, 3.05) is 13.7 Å². The van der Waals surface area contributed by atoms with Crippen molar-refractivity contribution >= 4 is 0 Å². The normalized spacial score (nSPS) is 53.2. The van der Waals surface area contributed by atoms with E-state index in [2.05, 4.69) is 34.3 Å². The van der Waals surface area contributed by atoms with Gasteiger partial charge in [-0.25, -0.2) is 0 Å². The van der Waals surface area contributed by atoms with Gasteiger partial charge in [0, 0.05) is 7.11 Å². The summed E-state index contributed by atoms with van der Waals surface area (Å²) in [6.45, 7) is 14.9. The first-order valence-corrected chi connectivity index (χ1v) is 12.0. The van der Waals surface area contributed by atoms with Crippen LogP contribution in [0.1, 0.15) is 91.9 Å². The molecule has 4 fully saturated rings. The Morgan fingerprint density at radius 3 is 2.39 bits per heavy atom. The number of hydrogen-bond acceptors (Lipinski definition) is 2. The lowest BCUT2D eigenvalue weighted by Gasteiger charge is -2.68. The fourth-order valence-corrected chi connectivity index (χ4v) is 9.53. The molecule has 2 unspecified atom stereocenters. The number of rotatable bonds is 4. The molecular weight excluding hydrogens is 344 g/mol. The Bertz CT molecular complexity index is 628. The van der Waals surface area contributed by atoms with Crippen LogP contribution < -0.4 is 0 Å². The van der Waals surface area contributed by atoms with Gasteiger partial charge in [-0.05, 0) is 111 Å². The molecule has 4 rings (SSSR count). The second-order valence-electron chi connectivity index (χ2n) is 11.8. The van der Waals surface area contributed by atoms with Crippen molar-refractivity contribution in [1.82, 2.24) is 0 Å². The molecule has 0 bridgehead atoms. The SMILES string of the molecule is C=C(C)[C@H]1CCC2[C@@H]3CCC4C[C@@](O)(COC)CC[C@]4(C)[C@@]3(CC)CC[C@@]21C. The molecule has 0 aromatic rings. The van der Waals surface area contributed by atoms with Crippen LogP contribution in [0.25, 0.3) is 0 Å². The molecule has 160 valence electrons. The summed E-state index contributed by atoms with van der Waals surface area (Å²) in [6.07, 6.45) is 12.6. The summed E-state index contributed by atoms with van der Waals surface area (Å²) >= 11 is 0. The molecule has 4 saturated carbocycles. The minimum absolute atomic E-state index is 0.382. The van der Waals surface area contributed by atoms with Crippen LogP contribution in [-0.4, -0.2) is 24.4 Å². The van der Waals surface area contributed by atoms with E-state index in [9.17, 15) is 5.11 Å². The Morgan fingerprint density at radius 2 is 1.75 bits per heavy atom. The summed E-state index contributed by atoms with van der Waals surface area (Å²) in [5.74, 6) is 3.13. The highest BCUT2D eigenvalue weighted by atomic mass is 16.5. The van der Waals surface area contributed by atoms with Gasteiger partial charge in [0.2, 0.25) is 0 Å². The molecule has 0 radical (unpaired) electrons. The molecule has 8 atom stereocenters. The van der Waals surface area contributed by atoms with Gasteiger partial charge in [0.25, 0.3) is 0 Å². The van der Waals surface area contributed by atoms with Crippen molar-refractivity contribution in [3.8, 4) is 0 Å². The lowest BCUT2D eigenvalue weighted by molar-refractivity contribution is -0.213. The van der Waals surface area contributed by atoms with Gasteiger partial charge in [0.15, 0.2) is 0 Å². The summed E-state index contributed by atoms with van der Waals surface area (Å²) in [7, 11) is 1.73. The van der Waals surface area contributed by atoms with Crippen LogP contribution in [0.2, 0.25) is 0 Å². The Hall–Kier alpha value is -0.340. The van der Waals surface area contributed by atoms with Crippen LogP contribution in [0.3, 0.4) is 0 Å². The van der Waals surface area contributed by atoms with E-state index in [-0.39, 0.29) is 0 Å². The van der Waals surface area contributed by atoms with E-state index in [1.807, 2.05) is 0 Å². The second kappa shape index (κ2) is 6.84. The maximum atomic E-state index is 11.1. The summed E-state index contributed by atoms with van der Waals surface area (Å²) < 4.78 is 5.40. The zero-order chi connectivity index (χ0) is 20.4. The molecule has 0 spiro atoms. The van der Waals surface area contributed by atoms with Crippen LogP contribution >= 0.6 is 0 Å². The number of allylic oxidation sites excluding steroid dienone is 1. The fourth-order valence-electron chi connectivity index (χ4n) is 9.53. The van der Waals surface area contributed by atoms with Gasteiger partial charge in [-0.1, -0.05) is 32.9 Å². The molecule has 0 aromatic heterocycles. The fraction of sp³-hybridized carbons (Fsp3) is 0.923. The summed E-state index contributed by atoms with van der Waals surface area (Å²) in [5.41, 5.74) is 2.16. The quantitative estimate of drug-likeness (QED) is 0.566. The van der Waals surface area contributed by atoms with Crippen molar-refractivity contribution in [3.05, 3.63) is 12.2 Å². The first kappa shape index (κ1) is 20.9. The van der Waals surface area contributed by atoms with Crippen LogP contribution in [0.5, 0.6) is 0 Å². The molecular formula is C26H44O2. The molecule has 0 amide bonds. The number of methoxy groups -OCH3 is 1. The average molecular weight is 389 g/mol. The second-order valence-corrected chi connectivity index (χ2v) is 11.8. The van der Waals surface area contributed by atoms with Crippen LogP contribution in [-0.2, 0) is 4.74 Å². The van der Waals surface area contributed by atoms with E-state index in [4.69, 9.17) is 4.74 Å². The minimum atomic E-state index is -0.595. The van der Waals surface area contributed by atoms with Gasteiger partial charge >= 0.3 is 0 Å². The van der Waals surface area contributed by atoms with Gasteiger partial charge in [0.1, 0.15) is 0 Å². The van der Waals surface area contributed by atoms with E-state index in [1.165, 1.54) is 56.9 Å². The van der Waals surface area contributed by atoms with E-state index in [0.29, 0.717) is 28.8 Å². The third kappa shape index (κ3) is 2.66. The molecule has 2 nitrogen and oxygen atoms in total. The minimum Gasteiger partial charge on any atom is -0.387 e. The van der Waals surface area contributed by atoms with Gasteiger partial charge in [-0.2, -0.15) is 0 Å². The monoisotopic (exact) mass is 388 g/mol. The third-order valence-corrected chi connectivity index (χ3v) is 11.0. The molecule has 2 heteroatoms. The van der Waals surface area contributed by atoms with E-state index < -0.39 is 5.60 Å². The third-order valence-electron chi connectivity index (χ3n) is 11.0. The Balaban J connectivity index is 1.67. The Kier molecular flexibility index (Phi) is 5.11. The highest BCUT2D eigenvalue weighted by Gasteiger charge is 2.67. The first-order chi connectivity index (χ1) is 13.2. The van der Waals surface area contributed by atoms with Gasteiger partial charge in [-0.15, -0.1) is 0 Å². The Morgan fingerprint density at radius 1 is 1.04 bits per heavy atom. The standard InChI is InChI=1S/C26H44O2/c1-7-26-15-12-23(4)20(18(2)3)10-11-21(23)22(26)9-8-19-16-25(27,17-28-6)14-13-24(19,26)5/h19-22,27H,2,7-17H2,1,3-6H3/t19?,20-,21?,22+,23-,24+,25-,26+/m1/s1. The summed E-state index contributed by atoms with van der Waals surface area (Å²) in [5, 5.41) is 11.1. The Labute approximate surface area is 173 Å². The molecule has 28 heavy (non-hydrogen) atoms. The van der Waals surface area contributed by atoms with E-state index in [1.54, 1.807) is 7.11 Å². The maximum absolute atomic E-state index is 11.1. The summed E-state index contributed by atoms with van der Waals surface area (Å²) in [6, 6.07) is 0. The van der Waals surface area contributed by atoms with Crippen LogP contribution in [0, 0.1) is 39.9 Å². The predicted molar refractivity (Wildman–Crippen MR) is 116 cm³/mol. The number of aliphatic hydroxyl groups is 1. The number of fused-ring (bicyclic) bond motifs is 5. The molecule has 1 N–H and O–H groups in total. The van der Waals surface area contributed by atoms with Crippen molar-refractivity contribution in [2.45, 2.75) is 97.5 Å². The van der Waals surface area contributed by atoms with Crippen molar-refractivity contribution < 1.29 is 9.84 Å². The van der Waals surface area contributed by atoms with E-state index >= 15 is 0 Å². The zero-order valence-electron chi connectivity index (χ0n) is 19.2. The van der Waals surface area contributed by atoms with E-state index in [0.717, 1.165) is 30.6 Å². The molecule has 4 aliphatic carbocycles. The van der Waals surface area contributed by atoms with Crippen LogP contribution in [0.4, 0.5) is 0 Å². The zero-order valence-corrected chi connectivity index (χ0v) is 19.2. The van der Waals surface area contributed by atoms with Gasteiger partial charge in [0.05, 0.1) is 12.2 Å². The summed E-state index contributed by atoms with van der Waals surface area (Å²) in [4.78, 5) is 0. The van der Waals surface area contributed by atoms with Crippen LogP contribution in [0.15, 0.2) is 12.2 Å². The largest absolute Gasteiger partial charge is 0.387 e. The highest BCUT2D eigenvalue weighted by molar-refractivity contribution is 5.19. The van der Waals surface area contributed by atoms with Crippen molar-refractivity contribution in [3.63, 3.8) is 0 Å². The van der Waals surface area contributed by atoms with Crippen molar-refractivity contribution in [2.24, 2.45) is 39.9 Å². The first-order valence-electron chi connectivity index (χ1n) is 12.0. The molecule has 0 aromatic carbocycles. The van der Waals surface area contributed by atoms with Gasteiger partial charge < -0.3 is 9.84 Å². The highest BCUT2D eigenvalue weighted by Crippen LogP contribution is 2.74.